The molecular formula is C19H24N4O4. The lowest BCUT2D eigenvalue weighted by atomic mass is 10.1. The molecule has 2 N–H and O–H groups in total. The normalized spacial score (nSPS) is 17.4. The van der Waals surface area contributed by atoms with Gasteiger partial charge in [0.2, 0.25) is 11.8 Å². The summed E-state index contributed by atoms with van der Waals surface area (Å²) in [6.07, 6.45) is 1.54. The van der Waals surface area contributed by atoms with Gasteiger partial charge in [0.1, 0.15) is 17.7 Å². The highest BCUT2D eigenvalue weighted by Gasteiger charge is 2.32. The van der Waals surface area contributed by atoms with E-state index in [-0.39, 0.29) is 24.8 Å². The first-order chi connectivity index (χ1) is 13.2. The number of benzene rings is 1. The van der Waals surface area contributed by atoms with Gasteiger partial charge in [0.05, 0.1) is 25.6 Å². The molecule has 27 heavy (non-hydrogen) atoms. The van der Waals surface area contributed by atoms with Crippen molar-refractivity contribution in [1.82, 2.24) is 20.7 Å². The third-order valence-corrected chi connectivity index (χ3v) is 4.42. The van der Waals surface area contributed by atoms with Crippen molar-refractivity contribution in [2.75, 3.05) is 19.7 Å². The van der Waals surface area contributed by atoms with Crippen LogP contribution >= 0.6 is 0 Å². The van der Waals surface area contributed by atoms with E-state index in [1.54, 1.807) is 6.07 Å². The molecule has 1 fully saturated rings. The summed E-state index contributed by atoms with van der Waals surface area (Å²) in [6, 6.07) is 8.94. The number of ether oxygens (including phenoxy) is 1. The van der Waals surface area contributed by atoms with Crippen LogP contribution in [0.25, 0.3) is 0 Å². The second kappa shape index (κ2) is 9.18. The van der Waals surface area contributed by atoms with Crippen molar-refractivity contribution in [2.45, 2.75) is 32.5 Å². The highest BCUT2D eigenvalue weighted by Crippen LogP contribution is 2.22. The molecular weight excluding hydrogens is 348 g/mol. The van der Waals surface area contributed by atoms with Gasteiger partial charge >= 0.3 is 0 Å². The molecule has 8 heteroatoms. The Morgan fingerprint density at radius 1 is 1.41 bits per heavy atom. The van der Waals surface area contributed by atoms with Crippen LogP contribution in [0.2, 0.25) is 0 Å². The number of para-hydroxylation sites is 1. The smallest absolute Gasteiger partial charge is 0.237 e. The minimum atomic E-state index is -0.522. The first kappa shape index (κ1) is 18.9. The van der Waals surface area contributed by atoms with Crippen molar-refractivity contribution in [3.8, 4) is 5.75 Å². The lowest BCUT2D eigenvalue weighted by Crippen LogP contribution is -2.56. The molecule has 144 valence electrons. The summed E-state index contributed by atoms with van der Waals surface area (Å²) < 4.78 is 10.4. The maximum atomic E-state index is 12.4. The SMILES string of the molecule is CCOc1ccccc1CN1CCNC(=O)C1CC(=O)NCc1ccon1. The van der Waals surface area contributed by atoms with Gasteiger partial charge in [0.25, 0.3) is 0 Å². The average molecular weight is 372 g/mol. The zero-order valence-electron chi connectivity index (χ0n) is 15.3. The van der Waals surface area contributed by atoms with Crippen molar-refractivity contribution in [1.29, 1.82) is 0 Å². The fraction of sp³-hybridized carbons (Fsp3) is 0.421. The number of amides is 2. The largest absolute Gasteiger partial charge is 0.494 e. The van der Waals surface area contributed by atoms with E-state index < -0.39 is 6.04 Å². The molecule has 1 aromatic heterocycles. The van der Waals surface area contributed by atoms with Crippen molar-refractivity contribution in [3.63, 3.8) is 0 Å². The van der Waals surface area contributed by atoms with Gasteiger partial charge in [-0.05, 0) is 13.0 Å². The Labute approximate surface area is 157 Å². The summed E-state index contributed by atoms with van der Waals surface area (Å²) in [5.74, 6) is 0.468. The van der Waals surface area contributed by atoms with Crippen LogP contribution in [0.5, 0.6) is 5.75 Å². The third-order valence-electron chi connectivity index (χ3n) is 4.42. The van der Waals surface area contributed by atoms with Crippen molar-refractivity contribution in [2.24, 2.45) is 0 Å². The van der Waals surface area contributed by atoms with E-state index in [2.05, 4.69) is 15.8 Å². The Hall–Kier alpha value is -2.87. The lowest BCUT2D eigenvalue weighted by Gasteiger charge is -2.35. The molecule has 0 spiro atoms. The minimum absolute atomic E-state index is 0.0838. The number of rotatable bonds is 8. The number of aromatic nitrogens is 1. The standard InChI is InChI=1S/C19H24N4O4/c1-2-26-17-6-4-3-5-14(17)13-23-9-8-20-19(25)16(23)11-18(24)21-12-15-7-10-27-22-15/h3-7,10,16H,2,8-9,11-13H2,1H3,(H,20,25)(H,21,24). The van der Waals surface area contributed by atoms with Gasteiger partial charge in [0.15, 0.2) is 0 Å². The maximum Gasteiger partial charge on any atom is 0.237 e. The number of nitrogens with zero attached hydrogens (tertiary/aromatic N) is 2. The lowest BCUT2D eigenvalue weighted by molar-refractivity contribution is -0.134. The summed E-state index contributed by atoms with van der Waals surface area (Å²) in [5, 5.41) is 9.37. The zero-order valence-corrected chi connectivity index (χ0v) is 15.3. The second-order valence-electron chi connectivity index (χ2n) is 6.29. The molecule has 0 saturated carbocycles. The van der Waals surface area contributed by atoms with Crippen LogP contribution in [0.3, 0.4) is 0 Å². The van der Waals surface area contributed by atoms with E-state index in [9.17, 15) is 9.59 Å². The highest BCUT2D eigenvalue weighted by molar-refractivity contribution is 5.88. The quantitative estimate of drug-likeness (QED) is 0.720. The molecule has 0 aliphatic carbocycles. The van der Waals surface area contributed by atoms with Crippen molar-refractivity contribution < 1.29 is 18.8 Å². The number of carbonyl (C=O) groups is 2. The maximum absolute atomic E-state index is 12.4. The van der Waals surface area contributed by atoms with Gasteiger partial charge in [-0.1, -0.05) is 23.4 Å². The first-order valence-electron chi connectivity index (χ1n) is 9.05. The van der Waals surface area contributed by atoms with Crippen LogP contribution in [0.15, 0.2) is 41.1 Å². The zero-order chi connectivity index (χ0) is 19.1. The van der Waals surface area contributed by atoms with Crippen LogP contribution in [-0.4, -0.2) is 47.6 Å². The van der Waals surface area contributed by atoms with Gasteiger partial charge in [-0.2, -0.15) is 0 Å². The van der Waals surface area contributed by atoms with Crippen LogP contribution in [-0.2, 0) is 22.7 Å². The number of hydrogen-bond donors (Lipinski definition) is 2. The molecule has 1 saturated heterocycles. The predicted molar refractivity (Wildman–Crippen MR) is 97.8 cm³/mol. The topological polar surface area (TPSA) is 96.7 Å². The van der Waals surface area contributed by atoms with Gasteiger partial charge in [0, 0.05) is 31.3 Å². The summed E-state index contributed by atoms with van der Waals surface area (Å²) >= 11 is 0. The molecule has 2 aromatic rings. The minimum Gasteiger partial charge on any atom is -0.494 e. The Morgan fingerprint density at radius 3 is 3.04 bits per heavy atom. The van der Waals surface area contributed by atoms with E-state index >= 15 is 0 Å². The van der Waals surface area contributed by atoms with Crippen LogP contribution in [0, 0.1) is 0 Å². The van der Waals surface area contributed by atoms with Gasteiger partial charge in [-0.15, -0.1) is 0 Å². The summed E-state index contributed by atoms with van der Waals surface area (Å²) in [4.78, 5) is 26.7. The van der Waals surface area contributed by atoms with Crippen LogP contribution in [0.4, 0.5) is 0 Å². The molecule has 2 heterocycles. The number of nitrogens with one attached hydrogen (secondary N) is 2. The van der Waals surface area contributed by atoms with Crippen molar-refractivity contribution in [3.05, 3.63) is 47.9 Å². The van der Waals surface area contributed by atoms with E-state index in [1.165, 1.54) is 6.26 Å². The molecule has 1 aromatic carbocycles. The Balaban J connectivity index is 1.64. The summed E-state index contributed by atoms with van der Waals surface area (Å²) in [6.45, 7) is 4.57. The predicted octanol–water partition coefficient (Wildman–Crippen LogP) is 1.08. The third kappa shape index (κ3) is 5.07. The Bertz CT molecular complexity index is 763. The van der Waals surface area contributed by atoms with Gasteiger partial charge < -0.3 is 19.9 Å². The molecule has 1 aliphatic rings. The van der Waals surface area contributed by atoms with E-state index in [0.717, 1.165) is 11.3 Å². The average Bonchev–Trinajstić information content (AvgIpc) is 3.18. The van der Waals surface area contributed by atoms with E-state index in [4.69, 9.17) is 9.26 Å². The molecule has 0 radical (unpaired) electrons. The summed E-state index contributed by atoms with van der Waals surface area (Å²) in [5.41, 5.74) is 1.64. The fourth-order valence-corrected chi connectivity index (χ4v) is 3.09. The molecule has 8 nitrogen and oxygen atoms in total. The molecule has 1 aliphatic heterocycles. The molecule has 1 atom stereocenters. The summed E-state index contributed by atoms with van der Waals surface area (Å²) in [7, 11) is 0. The monoisotopic (exact) mass is 372 g/mol. The van der Waals surface area contributed by atoms with Gasteiger partial charge in [-0.25, -0.2) is 0 Å². The van der Waals surface area contributed by atoms with E-state index in [1.807, 2.05) is 36.1 Å². The fourth-order valence-electron chi connectivity index (χ4n) is 3.09. The highest BCUT2D eigenvalue weighted by atomic mass is 16.5. The molecule has 2 amide bonds. The van der Waals surface area contributed by atoms with E-state index in [0.29, 0.717) is 31.9 Å². The number of hydrogen-bond acceptors (Lipinski definition) is 6. The molecule has 0 bridgehead atoms. The molecule has 1 unspecified atom stereocenters. The second-order valence-corrected chi connectivity index (χ2v) is 6.29. The number of carbonyl (C=O) groups excluding carboxylic acids is 2. The Kier molecular flexibility index (Phi) is 6.43. The first-order valence-corrected chi connectivity index (χ1v) is 9.05. The Morgan fingerprint density at radius 2 is 2.26 bits per heavy atom. The van der Waals surface area contributed by atoms with Crippen LogP contribution < -0.4 is 15.4 Å². The molecule has 3 rings (SSSR count). The number of piperazine rings is 1. The van der Waals surface area contributed by atoms with Gasteiger partial charge in [-0.3, -0.25) is 14.5 Å². The van der Waals surface area contributed by atoms with Crippen LogP contribution in [0.1, 0.15) is 24.6 Å². The van der Waals surface area contributed by atoms with Crippen molar-refractivity contribution >= 4 is 11.8 Å².